The summed E-state index contributed by atoms with van der Waals surface area (Å²) in [7, 11) is 1.65. The molecule has 0 radical (unpaired) electrons. The van der Waals surface area contributed by atoms with Gasteiger partial charge in [0, 0.05) is 26.1 Å². The normalized spacial score (nSPS) is 22.9. The molecular weight excluding hydrogens is 348 g/mol. The summed E-state index contributed by atoms with van der Waals surface area (Å²) in [6.45, 7) is 3.00. The summed E-state index contributed by atoms with van der Waals surface area (Å²) >= 11 is 0. The lowest BCUT2D eigenvalue weighted by Gasteiger charge is -2.40. The van der Waals surface area contributed by atoms with Crippen molar-refractivity contribution in [3.8, 4) is 5.75 Å². The van der Waals surface area contributed by atoms with Gasteiger partial charge in [-0.15, -0.1) is 0 Å². The molecule has 2 aliphatic rings. The molecule has 1 N–H and O–H groups in total. The van der Waals surface area contributed by atoms with Gasteiger partial charge < -0.3 is 19.5 Å². The standard InChI is InChI=1S/C20H28N2O5/c1-26-17-7-5-16(6-8-17)3-2-4-18(23)22-11-12-27-20(15-22)9-10-21(14-20)13-19(24)25/h5-8H,2-4,9-15H2,1H3,(H,24,25). The molecule has 148 valence electrons. The Labute approximate surface area is 159 Å². The fraction of sp³-hybridized carbons (Fsp3) is 0.600. The molecule has 2 fully saturated rings. The Hall–Kier alpha value is -2.12. The number of carbonyl (C=O) groups excluding carboxylic acids is 1. The second-order valence-electron chi connectivity index (χ2n) is 7.40. The van der Waals surface area contributed by atoms with Crippen LogP contribution in [0.5, 0.6) is 5.75 Å². The molecule has 1 aromatic carbocycles. The number of amides is 1. The van der Waals surface area contributed by atoms with E-state index in [2.05, 4.69) is 0 Å². The van der Waals surface area contributed by atoms with E-state index in [1.807, 2.05) is 34.1 Å². The number of nitrogens with zero attached hydrogens (tertiary/aromatic N) is 2. The van der Waals surface area contributed by atoms with Crippen molar-refractivity contribution >= 4 is 11.9 Å². The number of hydrogen-bond acceptors (Lipinski definition) is 5. The molecule has 3 rings (SSSR count). The molecule has 7 heteroatoms. The molecular formula is C20H28N2O5. The molecule has 1 atom stereocenters. The fourth-order valence-corrected chi connectivity index (χ4v) is 3.95. The SMILES string of the molecule is COc1ccc(CCCC(=O)N2CCOC3(CCN(CC(=O)O)C3)C2)cc1. The lowest BCUT2D eigenvalue weighted by molar-refractivity contribution is -0.150. The summed E-state index contributed by atoms with van der Waals surface area (Å²) in [6.07, 6.45) is 2.95. The summed E-state index contributed by atoms with van der Waals surface area (Å²) in [5.41, 5.74) is 0.793. The molecule has 1 spiro atoms. The highest BCUT2D eigenvalue weighted by Crippen LogP contribution is 2.29. The van der Waals surface area contributed by atoms with Gasteiger partial charge in [0.1, 0.15) is 5.75 Å². The first-order valence-electron chi connectivity index (χ1n) is 9.48. The number of carbonyl (C=O) groups is 2. The van der Waals surface area contributed by atoms with Crippen molar-refractivity contribution < 1.29 is 24.2 Å². The smallest absolute Gasteiger partial charge is 0.317 e. The molecule has 0 aromatic heterocycles. The predicted molar refractivity (Wildman–Crippen MR) is 99.9 cm³/mol. The van der Waals surface area contributed by atoms with Gasteiger partial charge in [0.15, 0.2) is 0 Å². The minimum Gasteiger partial charge on any atom is -0.497 e. The molecule has 0 bridgehead atoms. The van der Waals surface area contributed by atoms with Crippen LogP contribution in [0.1, 0.15) is 24.8 Å². The summed E-state index contributed by atoms with van der Waals surface area (Å²) in [6, 6.07) is 7.93. The number of aryl methyl sites for hydroxylation is 1. The van der Waals surface area contributed by atoms with Crippen molar-refractivity contribution in [2.24, 2.45) is 0 Å². The van der Waals surface area contributed by atoms with Crippen LogP contribution in [0.3, 0.4) is 0 Å². The quantitative estimate of drug-likeness (QED) is 0.775. The Balaban J connectivity index is 1.46. The number of likely N-dealkylation sites (tertiary alicyclic amines) is 1. The fourth-order valence-electron chi connectivity index (χ4n) is 3.95. The van der Waals surface area contributed by atoms with Crippen molar-refractivity contribution in [2.75, 3.05) is 46.4 Å². The van der Waals surface area contributed by atoms with Gasteiger partial charge in [-0.25, -0.2) is 0 Å². The van der Waals surface area contributed by atoms with Crippen LogP contribution in [0.4, 0.5) is 0 Å². The molecule has 0 saturated carbocycles. The van der Waals surface area contributed by atoms with Gasteiger partial charge in [-0.2, -0.15) is 0 Å². The van der Waals surface area contributed by atoms with E-state index in [0.29, 0.717) is 39.2 Å². The molecule has 1 amide bonds. The first kappa shape index (κ1) is 19.6. The highest BCUT2D eigenvalue weighted by Gasteiger charge is 2.44. The van der Waals surface area contributed by atoms with Crippen molar-refractivity contribution in [1.82, 2.24) is 9.80 Å². The maximum atomic E-state index is 12.6. The highest BCUT2D eigenvalue weighted by molar-refractivity contribution is 5.76. The number of hydrogen-bond donors (Lipinski definition) is 1. The predicted octanol–water partition coefficient (Wildman–Crippen LogP) is 1.41. The number of rotatable bonds is 7. The number of methoxy groups -OCH3 is 1. The minimum absolute atomic E-state index is 0.0287. The van der Waals surface area contributed by atoms with Gasteiger partial charge in [0.2, 0.25) is 5.91 Å². The average Bonchev–Trinajstić information content (AvgIpc) is 3.03. The zero-order valence-electron chi connectivity index (χ0n) is 15.9. The van der Waals surface area contributed by atoms with Gasteiger partial charge in [-0.3, -0.25) is 14.5 Å². The number of morpholine rings is 1. The Kier molecular flexibility index (Phi) is 6.34. The molecule has 0 aliphatic carbocycles. The van der Waals surface area contributed by atoms with Crippen molar-refractivity contribution in [2.45, 2.75) is 31.3 Å². The second kappa shape index (κ2) is 8.71. The number of ether oxygens (including phenoxy) is 2. The van der Waals surface area contributed by atoms with E-state index in [9.17, 15) is 9.59 Å². The van der Waals surface area contributed by atoms with E-state index < -0.39 is 11.6 Å². The molecule has 2 saturated heterocycles. The number of carboxylic acid groups (broad SMARTS) is 1. The third kappa shape index (κ3) is 5.20. The Bertz CT molecular complexity index is 663. The Morgan fingerprint density at radius 1 is 1.22 bits per heavy atom. The van der Waals surface area contributed by atoms with Crippen LogP contribution >= 0.6 is 0 Å². The van der Waals surface area contributed by atoms with E-state index in [-0.39, 0.29) is 12.5 Å². The van der Waals surface area contributed by atoms with Gasteiger partial charge in [-0.05, 0) is 37.0 Å². The van der Waals surface area contributed by atoms with Crippen LogP contribution in [0, 0.1) is 0 Å². The van der Waals surface area contributed by atoms with Crippen molar-refractivity contribution in [3.63, 3.8) is 0 Å². The van der Waals surface area contributed by atoms with Gasteiger partial charge in [-0.1, -0.05) is 12.1 Å². The van der Waals surface area contributed by atoms with E-state index in [0.717, 1.165) is 25.0 Å². The third-order valence-electron chi connectivity index (χ3n) is 5.37. The molecule has 2 heterocycles. The maximum absolute atomic E-state index is 12.6. The monoisotopic (exact) mass is 376 g/mol. The van der Waals surface area contributed by atoms with Crippen LogP contribution in [0.25, 0.3) is 0 Å². The van der Waals surface area contributed by atoms with Gasteiger partial charge >= 0.3 is 5.97 Å². The summed E-state index contributed by atoms with van der Waals surface area (Å²) in [4.78, 5) is 27.3. The Morgan fingerprint density at radius 3 is 2.70 bits per heavy atom. The minimum atomic E-state index is -0.825. The van der Waals surface area contributed by atoms with Gasteiger partial charge in [0.25, 0.3) is 0 Å². The lowest BCUT2D eigenvalue weighted by Crippen LogP contribution is -2.55. The van der Waals surface area contributed by atoms with Crippen LogP contribution in [0.2, 0.25) is 0 Å². The van der Waals surface area contributed by atoms with E-state index >= 15 is 0 Å². The third-order valence-corrected chi connectivity index (χ3v) is 5.37. The van der Waals surface area contributed by atoms with Crippen molar-refractivity contribution in [3.05, 3.63) is 29.8 Å². The number of benzene rings is 1. The van der Waals surface area contributed by atoms with Crippen molar-refractivity contribution in [1.29, 1.82) is 0 Å². The number of aliphatic carboxylic acids is 1. The zero-order valence-corrected chi connectivity index (χ0v) is 15.9. The molecule has 1 unspecified atom stereocenters. The summed E-state index contributed by atoms with van der Waals surface area (Å²) in [5.74, 6) is 0.166. The van der Waals surface area contributed by atoms with E-state index in [1.165, 1.54) is 5.56 Å². The number of carboxylic acids is 1. The van der Waals surface area contributed by atoms with Gasteiger partial charge in [0.05, 0.1) is 32.4 Å². The highest BCUT2D eigenvalue weighted by atomic mass is 16.5. The van der Waals surface area contributed by atoms with Crippen LogP contribution in [-0.2, 0) is 20.7 Å². The maximum Gasteiger partial charge on any atom is 0.317 e. The van der Waals surface area contributed by atoms with Crippen LogP contribution < -0.4 is 4.74 Å². The Morgan fingerprint density at radius 2 is 2.00 bits per heavy atom. The van der Waals surface area contributed by atoms with E-state index in [1.54, 1.807) is 7.11 Å². The first-order valence-corrected chi connectivity index (χ1v) is 9.48. The largest absolute Gasteiger partial charge is 0.497 e. The average molecular weight is 376 g/mol. The molecule has 1 aromatic rings. The first-order chi connectivity index (χ1) is 13.0. The van der Waals surface area contributed by atoms with E-state index in [4.69, 9.17) is 14.6 Å². The lowest BCUT2D eigenvalue weighted by atomic mass is 10.00. The molecule has 7 nitrogen and oxygen atoms in total. The zero-order chi connectivity index (χ0) is 19.3. The second-order valence-corrected chi connectivity index (χ2v) is 7.40. The van der Waals surface area contributed by atoms with Crippen LogP contribution in [-0.4, -0.2) is 78.8 Å². The molecule has 27 heavy (non-hydrogen) atoms. The topological polar surface area (TPSA) is 79.3 Å². The molecule has 2 aliphatic heterocycles. The summed E-state index contributed by atoms with van der Waals surface area (Å²) < 4.78 is 11.1. The van der Waals surface area contributed by atoms with Crippen LogP contribution in [0.15, 0.2) is 24.3 Å². The summed E-state index contributed by atoms with van der Waals surface area (Å²) in [5, 5.41) is 8.97.